The monoisotopic (exact) mass is 858 g/mol. The number of benzene rings is 1. The minimum Gasteiger partial charge on any atom is -0.311 e. The SMILES string of the molecule is C\C=C(F)/C=C\C=C\CCC/C(=C(/NC(=O)CC1CC(F)(F)C1(F)F)N(N)C1CC(c2c(Cc3cccc(F)c3)nn(C)c2NC(=O)CC(C)(C)C(F)(F)F)C1)C(C)CC. The molecular weight excluding hydrogens is 803 g/mol. The number of unbranched alkanes of at least 4 members (excludes halogenated alkanes) is 1. The minimum absolute atomic E-state index is 0.122. The Morgan fingerprint density at radius 1 is 1.12 bits per heavy atom. The van der Waals surface area contributed by atoms with E-state index in [0.717, 1.165) is 13.8 Å². The molecule has 0 radical (unpaired) electrons. The molecule has 0 spiro atoms. The average Bonchev–Trinajstić information content (AvgIpc) is 3.42. The highest BCUT2D eigenvalue weighted by molar-refractivity contribution is 5.91. The lowest BCUT2D eigenvalue weighted by Gasteiger charge is -2.45. The minimum atomic E-state index is -4.66. The van der Waals surface area contributed by atoms with Crippen LogP contribution in [-0.4, -0.2) is 50.7 Å². The Kier molecular flexibility index (Phi) is 15.6. The van der Waals surface area contributed by atoms with Crippen LogP contribution in [0.2, 0.25) is 0 Å². The molecule has 17 heteroatoms. The summed E-state index contributed by atoms with van der Waals surface area (Å²) in [4.78, 5) is 26.5. The summed E-state index contributed by atoms with van der Waals surface area (Å²) in [5.74, 6) is -6.58. The number of nitrogens with two attached hydrogens (primary N) is 1. The van der Waals surface area contributed by atoms with Gasteiger partial charge in [-0.15, -0.1) is 0 Å². The van der Waals surface area contributed by atoms with Gasteiger partial charge in [-0.2, -0.15) is 35.8 Å². The number of allylic oxidation sites excluding steroid dienone is 7. The molecule has 8 nitrogen and oxygen atoms in total. The van der Waals surface area contributed by atoms with Crippen LogP contribution in [0.15, 0.2) is 71.9 Å². The van der Waals surface area contributed by atoms with Crippen LogP contribution in [0, 0.1) is 23.1 Å². The lowest BCUT2D eigenvalue weighted by atomic mass is 9.74. The molecule has 2 fully saturated rings. The molecule has 1 heterocycles. The van der Waals surface area contributed by atoms with Crippen molar-refractivity contribution in [2.24, 2.45) is 30.1 Å². The number of alkyl halides is 7. The molecule has 2 aliphatic carbocycles. The predicted octanol–water partition coefficient (Wildman–Crippen LogP) is 10.7. The lowest BCUT2D eigenvalue weighted by Crippen LogP contribution is -2.59. The summed E-state index contributed by atoms with van der Waals surface area (Å²) in [7, 11) is 1.52. The van der Waals surface area contributed by atoms with E-state index in [1.165, 1.54) is 47.1 Å². The number of hydrogen-bond acceptors (Lipinski definition) is 5. The van der Waals surface area contributed by atoms with Gasteiger partial charge in [0.05, 0.1) is 11.1 Å². The fourth-order valence-corrected chi connectivity index (χ4v) is 7.39. The summed E-state index contributed by atoms with van der Waals surface area (Å²) >= 11 is 0. The first-order valence-corrected chi connectivity index (χ1v) is 20.1. The Balaban J connectivity index is 1.65. The van der Waals surface area contributed by atoms with Gasteiger partial charge in [0.2, 0.25) is 11.8 Å². The van der Waals surface area contributed by atoms with Gasteiger partial charge >= 0.3 is 18.0 Å². The third kappa shape index (κ3) is 11.4. The van der Waals surface area contributed by atoms with Crippen molar-refractivity contribution in [1.82, 2.24) is 20.1 Å². The molecule has 4 N–H and O–H groups in total. The molecular formula is C43H55F9N6O2. The van der Waals surface area contributed by atoms with E-state index in [-0.39, 0.29) is 42.7 Å². The van der Waals surface area contributed by atoms with Crippen molar-refractivity contribution in [3.05, 3.63) is 94.5 Å². The molecule has 2 unspecified atom stereocenters. The van der Waals surface area contributed by atoms with E-state index in [1.807, 2.05) is 19.9 Å². The standard InChI is InChI=1S/C43H55F9N6O2/c1-7-26(3)33(18-13-11-9-10-12-16-30(44)8-2)38(54-35(59)23-29-24-41(46,47)42(29,48)49)58(53)32-21-28(22-32)37-34(20-27-15-14-17-31(45)19-27)56-57(6)39(37)55-36(60)25-40(4,5)43(50,51)52/h8-10,12,14-17,19,26,28-29,32H,7,11,13,18,20-25,53H2,1-6H3,(H,54,59)(H,55,60)/b10-9+,16-12-,30-8+,38-33+. The number of aromatic nitrogens is 2. The third-order valence-corrected chi connectivity index (χ3v) is 11.5. The number of hydrazine groups is 1. The second kappa shape index (κ2) is 19.4. The molecule has 0 saturated heterocycles. The molecule has 0 bridgehead atoms. The molecule has 4 rings (SSSR count). The topological polar surface area (TPSA) is 105 Å². The Morgan fingerprint density at radius 3 is 2.38 bits per heavy atom. The van der Waals surface area contributed by atoms with Crippen LogP contribution >= 0.6 is 0 Å². The summed E-state index contributed by atoms with van der Waals surface area (Å²) in [5.41, 5.74) is -0.126. The highest BCUT2D eigenvalue weighted by atomic mass is 19.4. The fourth-order valence-electron chi connectivity index (χ4n) is 7.39. The number of rotatable bonds is 19. The zero-order valence-electron chi connectivity index (χ0n) is 34.7. The number of carbonyl (C=O) groups is 2. The summed E-state index contributed by atoms with van der Waals surface area (Å²) in [6.07, 6.45) is 2.92. The highest BCUT2D eigenvalue weighted by Gasteiger charge is 2.71. The first-order valence-electron chi connectivity index (χ1n) is 20.1. The molecule has 1 aromatic carbocycles. The van der Waals surface area contributed by atoms with Crippen LogP contribution in [0.3, 0.4) is 0 Å². The first kappa shape index (κ1) is 48.1. The highest BCUT2D eigenvalue weighted by Crippen LogP contribution is 2.56. The molecule has 1 aromatic heterocycles. The fraction of sp³-hybridized carbons (Fsp3) is 0.558. The van der Waals surface area contributed by atoms with Crippen molar-refractivity contribution in [3.63, 3.8) is 0 Å². The molecule has 2 aromatic rings. The van der Waals surface area contributed by atoms with Crippen molar-refractivity contribution < 1.29 is 49.1 Å². The van der Waals surface area contributed by atoms with E-state index in [1.54, 1.807) is 25.1 Å². The van der Waals surface area contributed by atoms with Gasteiger partial charge in [-0.3, -0.25) is 19.3 Å². The van der Waals surface area contributed by atoms with Crippen LogP contribution in [0.4, 0.5) is 45.3 Å². The second-order valence-electron chi connectivity index (χ2n) is 16.5. The van der Waals surface area contributed by atoms with Crippen molar-refractivity contribution in [3.8, 4) is 0 Å². The van der Waals surface area contributed by atoms with E-state index in [4.69, 9.17) is 5.84 Å². The number of anilines is 1. The van der Waals surface area contributed by atoms with Crippen LogP contribution in [-0.2, 0) is 23.1 Å². The van der Waals surface area contributed by atoms with Gasteiger partial charge in [-0.1, -0.05) is 64.1 Å². The van der Waals surface area contributed by atoms with Gasteiger partial charge in [-0.05, 0) is 86.6 Å². The first-order chi connectivity index (χ1) is 27.9. The van der Waals surface area contributed by atoms with E-state index < -0.39 is 78.1 Å². The lowest BCUT2D eigenvalue weighted by molar-refractivity contribution is -0.313. The van der Waals surface area contributed by atoms with Gasteiger partial charge < -0.3 is 10.6 Å². The van der Waals surface area contributed by atoms with Crippen molar-refractivity contribution in [2.45, 2.75) is 129 Å². The maximum atomic E-state index is 14.3. The number of carbonyl (C=O) groups excluding carboxylic acids is 2. The van der Waals surface area contributed by atoms with Gasteiger partial charge in [0.1, 0.15) is 23.3 Å². The Morgan fingerprint density at radius 2 is 1.80 bits per heavy atom. The van der Waals surface area contributed by atoms with Crippen molar-refractivity contribution in [2.75, 3.05) is 5.32 Å². The number of aryl methyl sites for hydroxylation is 1. The molecule has 0 aliphatic heterocycles. The zero-order valence-corrected chi connectivity index (χ0v) is 34.7. The summed E-state index contributed by atoms with van der Waals surface area (Å²) in [5, 5.41) is 11.2. The Labute approximate surface area is 345 Å². The molecule has 2 aliphatic rings. The zero-order chi connectivity index (χ0) is 44.8. The molecule has 2 amide bonds. The molecule has 60 heavy (non-hydrogen) atoms. The Bertz CT molecular complexity index is 1960. The Hall–Kier alpha value is -4.54. The average molecular weight is 859 g/mol. The quantitative estimate of drug-likeness (QED) is 0.0429. The van der Waals surface area contributed by atoms with Crippen LogP contribution in [0.25, 0.3) is 0 Å². The van der Waals surface area contributed by atoms with Crippen LogP contribution in [0.5, 0.6) is 0 Å². The second-order valence-corrected chi connectivity index (χ2v) is 16.5. The van der Waals surface area contributed by atoms with Crippen molar-refractivity contribution >= 4 is 17.6 Å². The van der Waals surface area contributed by atoms with E-state index in [0.29, 0.717) is 48.1 Å². The number of halogens is 9. The van der Waals surface area contributed by atoms with Gasteiger partial charge in [0.25, 0.3) is 0 Å². The van der Waals surface area contributed by atoms with Crippen molar-refractivity contribution in [1.29, 1.82) is 0 Å². The third-order valence-electron chi connectivity index (χ3n) is 11.5. The molecule has 332 valence electrons. The maximum Gasteiger partial charge on any atom is 0.394 e. The smallest absolute Gasteiger partial charge is 0.311 e. The van der Waals surface area contributed by atoms with Gasteiger partial charge in [0.15, 0.2) is 0 Å². The summed E-state index contributed by atoms with van der Waals surface area (Å²) in [6.45, 7) is 7.23. The normalized spacial score (nSPS) is 21.3. The maximum absolute atomic E-state index is 14.3. The van der Waals surface area contributed by atoms with Crippen LogP contribution < -0.4 is 16.5 Å². The van der Waals surface area contributed by atoms with E-state index >= 15 is 0 Å². The summed E-state index contributed by atoms with van der Waals surface area (Å²) < 4.78 is 126. The number of hydrogen-bond donors (Lipinski definition) is 3. The summed E-state index contributed by atoms with van der Waals surface area (Å²) in [6, 6.07) is 5.30. The number of nitrogens with one attached hydrogen (secondary N) is 2. The number of nitrogens with zero attached hydrogens (tertiary/aromatic N) is 3. The van der Waals surface area contributed by atoms with Gasteiger partial charge in [0, 0.05) is 50.3 Å². The van der Waals surface area contributed by atoms with Gasteiger partial charge in [-0.25, -0.2) is 14.6 Å². The van der Waals surface area contributed by atoms with E-state index in [9.17, 15) is 49.1 Å². The molecule has 2 atom stereocenters. The predicted molar refractivity (Wildman–Crippen MR) is 212 cm³/mol. The van der Waals surface area contributed by atoms with E-state index in [2.05, 4.69) is 15.7 Å². The van der Waals surface area contributed by atoms with Crippen LogP contribution in [0.1, 0.15) is 115 Å². The largest absolute Gasteiger partial charge is 0.394 e. The molecule has 2 saturated carbocycles. The number of amides is 2.